The molecule has 0 aliphatic heterocycles. The summed E-state index contributed by atoms with van der Waals surface area (Å²) in [5.41, 5.74) is 4.56. The van der Waals surface area contributed by atoms with Crippen molar-refractivity contribution in [3.05, 3.63) is 59.7 Å². The number of benzene rings is 2. The Labute approximate surface area is 181 Å². The number of rotatable bonds is 9. The topological polar surface area (TPSA) is 105 Å². The molecule has 2 aromatic carbocycles. The van der Waals surface area contributed by atoms with Crippen LogP contribution in [0.4, 0.5) is 4.79 Å². The molecule has 3 rings (SSSR count). The van der Waals surface area contributed by atoms with Gasteiger partial charge >= 0.3 is 12.1 Å². The van der Waals surface area contributed by atoms with Crippen LogP contribution in [0.15, 0.2) is 48.5 Å². The summed E-state index contributed by atoms with van der Waals surface area (Å²) in [7, 11) is 0. The number of hydrogen-bond donors (Lipinski definition) is 3. The molecule has 0 heterocycles. The molecule has 0 aromatic heterocycles. The number of hydrogen-bond acceptors (Lipinski definition) is 4. The predicted molar refractivity (Wildman–Crippen MR) is 117 cm³/mol. The maximum Gasteiger partial charge on any atom is 0.407 e. The average Bonchev–Trinajstić information content (AvgIpc) is 3.06. The zero-order valence-corrected chi connectivity index (χ0v) is 17.8. The SMILES string of the molecule is CCCC(CC(=O)NC(C)C(=O)O)NC(=O)OCC1c2ccccc2-c2ccccc21. The number of aliphatic carboxylic acids is 1. The van der Waals surface area contributed by atoms with E-state index in [1.165, 1.54) is 6.92 Å². The van der Waals surface area contributed by atoms with Crippen molar-refractivity contribution in [2.24, 2.45) is 0 Å². The van der Waals surface area contributed by atoms with Crippen molar-refractivity contribution < 1.29 is 24.2 Å². The number of ether oxygens (including phenoxy) is 1. The molecule has 2 aromatic rings. The highest BCUT2D eigenvalue weighted by atomic mass is 16.5. The summed E-state index contributed by atoms with van der Waals surface area (Å²) in [5.74, 6) is -1.57. The lowest BCUT2D eigenvalue weighted by atomic mass is 9.98. The van der Waals surface area contributed by atoms with Gasteiger partial charge in [0.2, 0.25) is 5.91 Å². The Kier molecular flexibility index (Phi) is 7.28. The van der Waals surface area contributed by atoms with Crippen LogP contribution in [0.5, 0.6) is 0 Å². The van der Waals surface area contributed by atoms with Gasteiger partial charge in [-0.05, 0) is 35.6 Å². The lowest BCUT2D eigenvalue weighted by Crippen LogP contribution is -2.43. The van der Waals surface area contributed by atoms with Gasteiger partial charge in [-0.25, -0.2) is 4.79 Å². The first-order valence-corrected chi connectivity index (χ1v) is 10.5. The third-order valence-electron chi connectivity index (χ3n) is 5.48. The number of fused-ring (bicyclic) bond motifs is 3. The third-order valence-corrected chi connectivity index (χ3v) is 5.48. The van der Waals surface area contributed by atoms with Crippen LogP contribution in [0.3, 0.4) is 0 Å². The summed E-state index contributed by atoms with van der Waals surface area (Å²) in [4.78, 5) is 35.5. The van der Waals surface area contributed by atoms with E-state index in [4.69, 9.17) is 9.84 Å². The van der Waals surface area contributed by atoms with Gasteiger partial charge in [0.05, 0.1) is 0 Å². The van der Waals surface area contributed by atoms with E-state index in [9.17, 15) is 14.4 Å². The molecule has 7 heteroatoms. The molecule has 2 unspecified atom stereocenters. The van der Waals surface area contributed by atoms with E-state index in [0.29, 0.717) is 6.42 Å². The highest BCUT2D eigenvalue weighted by Gasteiger charge is 2.29. The minimum Gasteiger partial charge on any atom is -0.480 e. The van der Waals surface area contributed by atoms with Crippen LogP contribution in [0.2, 0.25) is 0 Å². The smallest absolute Gasteiger partial charge is 0.407 e. The quantitative estimate of drug-likeness (QED) is 0.570. The molecule has 1 aliphatic carbocycles. The molecule has 2 atom stereocenters. The van der Waals surface area contributed by atoms with Gasteiger partial charge < -0.3 is 20.5 Å². The standard InChI is InChI=1S/C24H28N2O5/c1-3-8-16(13-22(27)25-15(2)23(28)29)26-24(30)31-14-21-19-11-6-4-9-17(19)18-10-5-7-12-20(18)21/h4-7,9-12,15-16,21H,3,8,13-14H2,1-2H3,(H,25,27)(H,26,30)(H,28,29). The van der Waals surface area contributed by atoms with Crippen LogP contribution >= 0.6 is 0 Å². The lowest BCUT2D eigenvalue weighted by Gasteiger charge is -2.20. The van der Waals surface area contributed by atoms with Crippen molar-refractivity contribution in [1.29, 1.82) is 0 Å². The molecule has 0 radical (unpaired) electrons. The van der Waals surface area contributed by atoms with E-state index in [0.717, 1.165) is 28.7 Å². The Morgan fingerprint density at radius 1 is 1.00 bits per heavy atom. The lowest BCUT2D eigenvalue weighted by molar-refractivity contribution is -0.141. The molecule has 7 nitrogen and oxygen atoms in total. The molecule has 0 spiro atoms. The number of nitrogens with one attached hydrogen (secondary N) is 2. The van der Waals surface area contributed by atoms with Crippen LogP contribution < -0.4 is 10.6 Å². The summed E-state index contributed by atoms with van der Waals surface area (Å²) in [6.07, 6.45) is 0.754. The van der Waals surface area contributed by atoms with E-state index in [1.54, 1.807) is 0 Å². The van der Waals surface area contributed by atoms with E-state index >= 15 is 0 Å². The molecule has 3 N–H and O–H groups in total. The summed E-state index contributed by atoms with van der Waals surface area (Å²) in [6, 6.07) is 14.8. The molecule has 0 bridgehead atoms. The van der Waals surface area contributed by atoms with Crippen molar-refractivity contribution in [3.8, 4) is 11.1 Å². The first-order chi connectivity index (χ1) is 14.9. The zero-order valence-electron chi connectivity index (χ0n) is 17.8. The fourth-order valence-corrected chi connectivity index (χ4v) is 3.97. The minimum atomic E-state index is -1.11. The molecule has 31 heavy (non-hydrogen) atoms. The van der Waals surface area contributed by atoms with Crippen LogP contribution in [0, 0.1) is 0 Å². The van der Waals surface area contributed by atoms with E-state index in [1.807, 2.05) is 31.2 Å². The summed E-state index contributed by atoms with van der Waals surface area (Å²) < 4.78 is 5.54. The van der Waals surface area contributed by atoms with Gasteiger partial charge in [0, 0.05) is 18.4 Å². The van der Waals surface area contributed by atoms with Crippen LogP contribution in [-0.2, 0) is 14.3 Å². The zero-order chi connectivity index (χ0) is 22.4. The Morgan fingerprint density at radius 2 is 1.58 bits per heavy atom. The average molecular weight is 424 g/mol. The highest BCUT2D eigenvalue weighted by molar-refractivity contribution is 5.84. The van der Waals surface area contributed by atoms with Gasteiger partial charge in [-0.15, -0.1) is 0 Å². The second kappa shape index (κ2) is 10.1. The second-order valence-electron chi connectivity index (χ2n) is 7.79. The third kappa shape index (κ3) is 5.42. The van der Waals surface area contributed by atoms with Crippen molar-refractivity contribution in [2.45, 2.75) is 51.1 Å². The normalized spacial score (nSPS) is 14.1. The van der Waals surface area contributed by atoms with Crippen molar-refractivity contribution in [3.63, 3.8) is 0 Å². The molecule has 0 saturated heterocycles. The number of carbonyl (C=O) groups excluding carboxylic acids is 2. The number of carboxylic acids is 1. The molecule has 164 valence electrons. The first-order valence-electron chi connectivity index (χ1n) is 10.5. The van der Waals surface area contributed by atoms with Gasteiger partial charge in [0.15, 0.2) is 0 Å². The predicted octanol–water partition coefficient (Wildman–Crippen LogP) is 3.67. The minimum absolute atomic E-state index is 0.00431. The summed E-state index contributed by atoms with van der Waals surface area (Å²) >= 11 is 0. The number of carbonyl (C=O) groups is 3. The van der Waals surface area contributed by atoms with Crippen molar-refractivity contribution in [1.82, 2.24) is 10.6 Å². The first kappa shape index (κ1) is 22.3. The Balaban J connectivity index is 1.59. The maximum absolute atomic E-state index is 12.5. The molecule has 0 saturated carbocycles. The monoisotopic (exact) mass is 424 g/mol. The fraction of sp³-hybridized carbons (Fsp3) is 0.375. The van der Waals surface area contributed by atoms with Gasteiger partial charge in [-0.2, -0.15) is 0 Å². The second-order valence-corrected chi connectivity index (χ2v) is 7.79. The highest BCUT2D eigenvalue weighted by Crippen LogP contribution is 2.44. The molecular weight excluding hydrogens is 396 g/mol. The molecule has 2 amide bonds. The summed E-state index contributed by atoms with van der Waals surface area (Å²) in [5, 5.41) is 14.1. The summed E-state index contributed by atoms with van der Waals surface area (Å²) in [6.45, 7) is 3.54. The van der Waals surface area contributed by atoms with Crippen LogP contribution in [-0.4, -0.2) is 41.8 Å². The molecule has 0 fully saturated rings. The van der Waals surface area contributed by atoms with Gasteiger partial charge in [-0.3, -0.25) is 9.59 Å². The van der Waals surface area contributed by atoms with Crippen LogP contribution in [0.1, 0.15) is 50.2 Å². The van der Waals surface area contributed by atoms with Crippen molar-refractivity contribution in [2.75, 3.05) is 6.61 Å². The van der Waals surface area contributed by atoms with E-state index in [2.05, 4.69) is 34.9 Å². The Bertz CT molecular complexity index is 913. The maximum atomic E-state index is 12.5. The van der Waals surface area contributed by atoms with Gasteiger partial charge in [0.25, 0.3) is 0 Å². The Morgan fingerprint density at radius 3 is 2.13 bits per heavy atom. The van der Waals surface area contributed by atoms with E-state index in [-0.39, 0.29) is 18.9 Å². The van der Waals surface area contributed by atoms with Crippen LogP contribution in [0.25, 0.3) is 11.1 Å². The fourth-order valence-electron chi connectivity index (χ4n) is 3.97. The van der Waals surface area contributed by atoms with Gasteiger partial charge in [-0.1, -0.05) is 61.9 Å². The molecule has 1 aliphatic rings. The van der Waals surface area contributed by atoms with Gasteiger partial charge in [0.1, 0.15) is 12.6 Å². The van der Waals surface area contributed by atoms with Crippen molar-refractivity contribution >= 4 is 18.0 Å². The molecular formula is C24H28N2O5. The number of amides is 2. The Hall–Kier alpha value is -3.35. The largest absolute Gasteiger partial charge is 0.480 e. The number of alkyl carbamates (subject to hydrolysis) is 1. The van der Waals surface area contributed by atoms with E-state index < -0.39 is 30.1 Å². The number of carboxylic acid groups (broad SMARTS) is 1.